The van der Waals surface area contributed by atoms with Crippen LogP contribution in [0.5, 0.6) is 0 Å². The number of hydrogen-bond donors (Lipinski definition) is 4. The van der Waals surface area contributed by atoms with Gasteiger partial charge >= 0.3 is 12.1 Å². The van der Waals surface area contributed by atoms with E-state index in [1.807, 2.05) is 17.6 Å². The van der Waals surface area contributed by atoms with E-state index in [4.69, 9.17) is 11.5 Å². The number of rotatable bonds is 8. The molecular weight excluding hydrogens is 266 g/mol. The summed E-state index contributed by atoms with van der Waals surface area (Å²) in [5.74, 6) is -1.22. The van der Waals surface area contributed by atoms with Crippen molar-refractivity contribution in [3.8, 4) is 0 Å². The zero-order chi connectivity index (χ0) is 15.5. The van der Waals surface area contributed by atoms with E-state index in [9.17, 15) is 19.2 Å². The van der Waals surface area contributed by atoms with Gasteiger partial charge in [-0.2, -0.15) is 0 Å². The van der Waals surface area contributed by atoms with Crippen LogP contribution in [0.1, 0.15) is 26.2 Å². The SMILES string of the molecule is CCCCCN(CC(=O)NC(N)=O)CC(=O)NC(N)=O. The molecule has 0 aliphatic heterocycles. The van der Waals surface area contributed by atoms with Gasteiger partial charge in [-0.1, -0.05) is 19.8 Å². The molecule has 0 rings (SSSR count). The van der Waals surface area contributed by atoms with Crippen LogP contribution in [0.3, 0.4) is 0 Å². The quantitative estimate of drug-likeness (QED) is 0.417. The van der Waals surface area contributed by atoms with Gasteiger partial charge in [0.2, 0.25) is 11.8 Å². The summed E-state index contributed by atoms with van der Waals surface area (Å²) >= 11 is 0. The van der Waals surface area contributed by atoms with Crippen LogP contribution in [0, 0.1) is 0 Å². The van der Waals surface area contributed by atoms with Crippen molar-refractivity contribution in [3.63, 3.8) is 0 Å². The number of urea groups is 2. The Morgan fingerprint density at radius 3 is 1.70 bits per heavy atom. The number of nitrogens with zero attached hydrogens (tertiary/aromatic N) is 1. The first-order valence-corrected chi connectivity index (χ1v) is 6.26. The highest BCUT2D eigenvalue weighted by Crippen LogP contribution is 1.98. The van der Waals surface area contributed by atoms with Crippen molar-refractivity contribution < 1.29 is 19.2 Å². The van der Waals surface area contributed by atoms with Gasteiger partial charge in [0.05, 0.1) is 13.1 Å². The molecule has 0 aromatic carbocycles. The fraction of sp³-hybridized carbons (Fsp3) is 0.636. The molecule has 0 spiro atoms. The third-order valence-electron chi connectivity index (χ3n) is 2.34. The number of nitrogens with two attached hydrogens (primary N) is 2. The second-order valence-corrected chi connectivity index (χ2v) is 4.24. The van der Waals surface area contributed by atoms with Gasteiger partial charge in [-0.25, -0.2) is 9.59 Å². The third-order valence-corrected chi connectivity index (χ3v) is 2.34. The lowest BCUT2D eigenvalue weighted by molar-refractivity contribution is -0.123. The van der Waals surface area contributed by atoms with Crippen LogP contribution in [-0.2, 0) is 9.59 Å². The number of hydrogen-bond acceptors (Lipinski definition) is 5. The first-order chi connectivity index (χ1) is 9.35. The van der Waals surface area contributed by atoms with Crippen molar-refractivity contribution >= 4 is 23.9 Å². The minimum atomic E-state index is -0.954. The molecule has 0 aromatic rings. The Bertz CT molecular complexity index is 342. The van der Waals surface area contributed by atoms with Crippen molar-refractivity contribution in [3.05, 3.63) is 0 Å². The van der Waals surface area contributed by atoms with Gasteiger partial charge in [0.15, 0.2) is 0 Å². The van der Waals surface area contributed by atoms with E-state index in [-0.39, 0.29) is 13.1 Å². The van der Waals surface area contributed by atoms with Gasteiger partial charge in [-0.05, 0) is 13.0 Å². The molecular formula is C11H21N5O4. The summed E-state index contributed by atoms with van der Waals surface area (Å²) in [6.45, 7) is 2.16. The van der Waals surface area contributed by atoms with Gasteiger partial charge in [-0.3, -0.25) is 25.1 Å². The largest absolute Gasteiger partial charge is 0.351 e. The predicted molar refractivity (Wildman–Crippen MR) is 71.4 cm³/mol. The first-order valence-electron chi connectivity index (χ1n) is 6.26. The molecule has 0 radical (unpaired) electrons. The summed E-state index contributed by atoms with van der Waals surface area (Å²) in [5, 5.41) is 3.83. The van der Waals surface area contributed by atoms with E-state index in [1.165, 1.54) is 4.90 Å². The molecule has 6 amide bonds. The molecule has 0 aliphatic carbocycles. The molecule has 0 heterocycles. The molecule has 0 saturated heterocycles. The Morgan fingerprint density at radius 2 is 1.35 bits per heavy atom. The van der Waals surface area contributed by atoms with Gasteiger partial charge in [0, 0.05) is 0 Å². The molecule has 0 bridgehead atoms. The van der Waals surface area contributed by atoms with E-state index in [1.54, 1.807) is 0 Å². The maximum Gasteiger partial charge on any atom is 0.318 e. The third kappa shape index (κ3) is 9.83. The molecule has 0 aromatic heterocycles. The Balaban J connectivity index is 4.39. The van der Waals surface area contributed by atoms with Crippen molar-refractivity contribution in [2.24, 2.45) is 11.5 Å². The first kappa shape index (κ1) is 17.8. The van der Waals surface area contributed by atoms with Gasteiger partial charge in [0.25, 0.3) is 0 Å². The van der Waals surface area contributed by atoms with Crippen LogP contribution >= 0.6 is 0 Å². The average Bonchev–Trinajstić information content (AvgIpc) is 2.26. The highest BCUT2D eigenvalue weighted by molar-refractivity contribution is 5.96. The summed E-state index contributed by atoms with van der Waals surface area (Å²) < 4.78 is 0. The highest BCUT2D eigenvalue weighted by Gasteiger charge is 2.16. The minimum Gasteiger partial charge on any atom is -0.351 e. The summed E-state index contributed by atoms with van der Waals surface area (Å²) in [5.41, 5.74) is 9.66. The van der Waals surface area contributed by atoms with Crippen molar-refractivity contribution in [2.45, 2.75) is 26.2 Å². The molecule has 20 heavy (non-hydrogen) atoms. The van der Waals surface area contributed by atoms with Crippen LogP contribution in [0.2, 0.25) is 0 Å². The lowest BCUT2D eigenvalue weighted by atomic mass is 10.2. The summed E-state index contributed by atoms with van der Waals surface area (Å²) in [4.78, 5) is 45.5. The Morgan fingerprint density at radius 1 is 0.900 bits per heavy atom. The fourth-order valence-electron chi connectivity index (χ4n) is 1.56. The zero-order valence-corrected chi connectivity index (χ0v) is 11.5. The number of primary amides is 2. The maximum absolute atomic E-state index is 11.4. The lowest BCUT2D eigenvalue weighted by Gasteiger charge is -2.20. The Labute approximate surface area is 117 Å². The van der Waals surface area contributed by atoms with E-state index >= 15 is 0 Å². The monoisotopic (exact) mass is 287 g/mol. The molecule has 0 unspecified atom stereocenters. The second kappa shape index (κ2) is 9.73. The molecule has 0 atom stereocenters. The Hall–Kier alpha value is -2.16. The average molecular weight is 287 g/mol. The van der Waals surface area contributed by atoms with Crippen molar-refractivity contribution in [1.29, 1.82) is 0 Å². The van der Waals surface area contributed by atoms with Gasteiger partial charge in [-0.15, -0.1) is 0 Å². The standard InChI is InChI=1S/C11H21N5O4/c1-2-3-4-5-16(6-8(17)14-10(12)19)7-9(18)15-11(13)20/h2-7H2,1H3,(H3,12,14,17,19)(H3,13,15,18,20). The van der Waals surface area contributed by atoms with Crippen LogP contribution in [0.15, 0.2) is 0 Å². The normalized spacial score (nSPS) is 10.1. The van der Waals surface area contributed by atoms with Crippen LogP contribution in [-0.4, -0.2) is 48.4 Å². The number of carbonyl (C=O) groups excluding carboxylic acids is 4. The maximum atomic E-state index is 11.4. The molecule has 0 aliphatic rings. The number of amides is 6. The van der Waals surface area contributed by atoms with E-state index in [2.05, 4.69) is 0 Å². The Kier molecular flexibility index (Phi) is 8.68. The van der Waals surface area contributed by atoms with Crippen LogP contribution in [0.25, 0.3) is 0 Å². The second-order valence-electron chi connectivity index (χ2n) is 4.24. The van der Waals surface area contributed by atoms with Gasteiger partial charge in [0.1, 0.15) is 0 Å². The molecule has 0 saturated carbocycles. The number of nitrogens with one attached hydrogen (secondary N) is 2. The smallest absolute Gasteiger partial charge is 0.318 e. The number of unbranched alkanes of at least 4 members (excludes halogenated alkanes) is 2. The highest BCUT2D eigenvalue weighted by atomic mass is 16.2. The van der Waals surface area contributed by atoms with E-state index in [0.717, 1.165) is 19.3 Å². The van der Waals surface area contributed by atoms with E-state index < -0.39 is 23.9 Å². The molecule has 0 fully saturated rings. The zero-order valence-electron chi connectivity index (χ0n) is 11.5. The van der Waals surface area contributed by atoms with Crippen LogP contribution in [0.4, 0.5) is 9.59 Å². The van der Waals surface area contributed by atoms with E-state index in [0.29, 0.717) is 6.54 Å². The number of imide groups is 2. The summed E-state index contributed by atoms with van der Waals surface area (Å²) in [6.07, 6.45) is 2.70. The summed E-state index contributed by atoms with van der Waals surface area (Å²) in [6, 6.07) is -1.91. The molecule has 9 heteroatoms. The van der Waals surface area contributed by atoms with Crippen molar-refractivity contribution in [2.75, 3.05) is 19.6 Å². The topological polar surface area (TPSA) is 148 Å². The molecule has 114 valence electrons. The fourth-order valence-corrected chi connectivity index (χ4v) is 1.56. The predicted octanol–water partition coefficient (Wildman–Crippen LogP) is -1.13. The minimum absolute atomic E-state index is 0.168. The molecule has 9 nitrogen and oxygen atoms in total. The lowest BCUT2D eigenvalue weighted by Crippen LogP contribution is -2.47. The number of carbonyl (C=O) groups is 4. The van der Waals surface area contributed by atoms with Crippen LogP contribution < -0.4 is 22.1 Å². The van der Waals surface area contributed by atoms with Gasteiger partial charge < -0.3 is 11.5 Å². The summed E-state index contributed by atoms with van der Waals surface area (Å²) in [7, 11) is 0. The molecule has 6 N–H and O–H groups in total. The van der Waals surface area contributed by atoms with Crippen molar-refractivity contribution in [1.82, 2.24) is 15.5 Å².